The summed E-state index contributed by atoms with van der Waals surface area (Å²) in [6.07, 6.45) is 0.854. The highest BCUT2D eigenvalue weighted by Crippen LogP contribution is 2.34. The quantitative estimate of drug-likeness (QED) is 0.878. The van der Waals surface area contributed by atoms with Crippen LogP contribution in [0.15, 0.2) is 22.9 Å². The Balaban J connectivity index is 1.55. The van der Waals surface area contributed by atoms with Crippen LogP contribution < -0.4 is 4.90 Å². The number of rotatable bonds is 2. The maximum Gasteiger partial charge on any atom is 0.274 e. The monoisotopic (exact) mass is 359 g/mol. The molecule has 1 unspecified atom stereocenters. The number of aryl methyl sites for hydroxylation is 1. The lowest BCUT2D eigenvalue weighted by molar-refractivity contribution is -0.123. The third kappa shape index (κ3) is 2.75. The fourth-order valence-electron chi connectivity index (χ4n) is 3.77. The van der Waals surface area contributed by atoms with E-state index in [0.29, 0.717) is 31.9 Å². The number of H-pyrrole nitrogens is 1. The van der Waals surface area contributed by atoms with E-state index in [2.05, 4.69) is 15.1 Å². The zero-order chi connectivity index (χ0) is 17.6. The summed E-state index contributed by atoms with van der Waals surface area (Å²) in [6.45, 7) is 4.17. The van der Waals surface area contributed by atoms with Crippen LogP contribution in [0.2, 0.25) is 0 Å². The van der Waals surface area contributed by atoms with Gasteiger partial charge in [-0.25, -0.2) is 0 Å². The van der Waals surface area contributed by atoms with Crippen LogP contribution in [0.3, 0.4) is 0 Å². The minimum Gasteiger partial charge on any atom is -0.335 e. The molecule has 4 heterocycles. The summed E-state index contributed by atoms with van der Waals surface area (Å²) >= 11 is 1.59. The minimum absolute atomic E-state index is 0.0476. The van der Waals surface area contributed by atoms with Crippen LogP contribution >= 0.6 is 11.3 Å². The lowest BCUT2D eigenvalue weighted by atomic mass is 9.93. The van der Waals surface area contributed by atoms with Gasteiger partial charge in [0.15, 0.2) is 0 Å². The van der Waals surface area contributed by atoms with Gasteiger partial charge in [0.2, 0.25) is 5.91 Å². The molecule has 0 aromatic carbocycles. The third-order valence-corrected chi connectivity index (χ3v) is 5.97. The zero-order valence-corrected chi connectivity index (χ0v) is 15.2. The fraction of sp³-hybridized carbons (Fsp3) is 0.471. The molecular weight excluding hydrogens is 338 g/mol. The predicted octanol–water partition coefficient (Wildman–Crippen LogP) is 1.34. The molecule has 1 atom stereocenters. The molecule has 0 saturated carbocycles. The van der Waals surface area contributed by atoms with Gasteiger partial charge in [-0.1, -0.05) is 0 Å². The van der Waals surface area contributed by atoms with Crippen LogP contribution in [0.4, 0.5) is 5.69 Å². The van der Waals surface area contributed by atoms with Gasteiger partial charge in [0, 0.05) is 30.7 Å². The molecule has 25 heavy (non-hydrogen) atoms. The van der Waals surface area contributed by atoms with Crippen LogP contribution in [0.1, 0.15) is 22.6 Å². The number of thiophene rings is 1. The summed E-state index contributed by atoms with van der Waals surface area (Å²) in [5.74, 6) is 0.0628. The van der Waals surface area contributed by atoms with E-state index in [1.807, 2.05) is 40.6 Å². The average molecular weight is 359 g/mol. The van der Waals surface area contributed by atoms with Crippen LogP contribution in [0.5, 0.6) is 0 Å². The van der Waals surface area contributed by atoms with Crippen molar-refractivity contribution in [3.8, 4) is 0 Å². The lowest BCUT2D eigenvalue weighted by Gasteiger charge is -2.46. The molecule has 2 aliphatic heterocycles. The Morgan fingerprint density at radius 3 is 2.92 bits per heavy atom. The number of nitrogens with zero attached hydrogens (tertiary/aromatic N) is 4. The highest BCUT2D eigenvalue weighted by Gasteiger charge is 2.49. The van der Waals surface area contributed by atoms with E-state index in [0.717, 1.165) is 17.8 Å². The SMILES string of the molecule is Cc1cc(C(=O)N2CCC3(C2)CN(c2ccsc2)C(=O)CN3C)n[nH]1. The van der Waals surface area contributed by atoms with Crippen molar-refractivity contribution in [2.24, 2.45) is 0 Å². The fourth-order valence-corrected chi connectivity index (χ4v) is 4.41. The van der Waals surface area contributed by atoms with Gasteiger partial charge in [-0.15, -0.1) is 0 Å². The Morgan fingerprint density at radius 2 is 2.24 bits per heavy atom. The van der Waals surface area contributed by atoms with Gasteiger partial charge >= 0.3 is 0 Å². The van der Waals surface area contributed by atoms with Gasteiger partial charge < -0.3 is 9.80 Å². The number of likely N-dealkylation sites (tertiary alicyclic amines) is 1. The van der Waals surface area contributed by atoms with Gasteiger partial charge in [0.25, 0.3) is 5.91 Å². The molecule has 2 aromatic heterocycles. The summed E-state index contributed by atoms with van der Waals surface area (Å²) in [4.78, 5) is 31.0. The van der Waals surface area contributed by atoms with E-state index in [9.17, 15) is 9.59 Å². The molecule has 1 spiro atoms. The van der Waals surface area contributed by atoms with Crippen LogP contribution in [0.25, 0.3) is 0 Å². The van der Waals surface area contributed by atoms with Gasteiger partial charge in [-0.05, 0) is 37.9 Å². The van der Waals surface area contributed by atoms with Crippen molar-refractivity contribution < 1.29 is 9.59 Å². The first kappa shape index (κ1) is 16.3. The third-order valence-electron chi connectivity index (χ3n) is 5.30. The van der Waals surface area contributed by atoms with Crippen LogP contribution in [-0.4, -0.2) is 70.6 Å². The molecule has 2 aliphatic rings. The Hall–Kier alpha value is -2.19. The van der Waals surface area contributed by atoms with E-state index in [1.54, 1.807) is 17.4 Å². The smallest absolute Gasteiger partial charge is 0.274 e. The van der Waals surface area contributed by atoms with E-state index >= 15 is 0 Å². The molecule has 132 valence electrons. The maximum atomic E-state index is 12.7. The van der Waals surface area contributed by atoms with Crippen molar-refractivity contribution in [3.63, 3.8) is 0 Å². The number of likely N-dealkylation sites (N-methyl/N-ethyl adjacent to an activating group) is 1. The Labute approximate surface area is 150 Å². The maximum absolute atomic E-state index is 12.7. The molecule has 7 nitrogen and oxygen atoms in total. The van der Waals surface area contributed by atoms with Gasteiger partial charge in [0.1, 0.15) is 5.69 Å². The molecule has 1 N–H and O–H groups in total. The number of aromatic nitrogens is 2. The Kier molecular flexibility index (Phi) is 3.88. The van der Waals surface area contributed by atoms with Crippen molar-refractivity contribution in [1.29, 1.82) is 0 Å². The molecule has 2 saturated heterocycles. The number of carbonyl (C=O) groups is 2. The number of carbonyl (C=O) groups excluding carboxylic acids is 2. The molecule has 0 radical (unpaired) electrons. The van der Waals surface area contributed by atoms with Crippen molar-refractivity contribution in [1.82, 2.24) is 20.0 Å². The highest BCUT2D eigenvalue weighted by atomic mass is 32.1. The largest absolute Gasteiger partial charge is 0.335 e. The lowest BCUT2D eigenvalue weighted by Crippen LogP contribution is -2.64. The number of amides is 2. The minimum atomic E-state index is -0.198. The number of aromatic amines is 1. The number of hydrogen-bond acceptors (Lipinski definition) is 5. The first-order chi connectivity index (χ1) is 12.0. The molecule has 4 rings (SSSR count). The molecule has 0 bridgehead atoms. The summed E-state index contributed by atoms with van der Waals surface area (Å²) in [6, 6.07) is 3.76. The topological polar surface area (TPSA) is 72.5 Å². The van der Waals surface area contributed by atoms with Crippen molar-refractivity contribution in [3.05, 3.63) is 34.3 Å². The summed E-state index contributed by atoms with van der Waals surface area (Å²) in [5, 5.41) is 10.9. The summed E-state index contributed by atoms with van der Waals surface area (Å²) in [7, 11) is 1.98. The van der Waals surface area contributed by atoms with E-state index in [1.165, 1.54) is 0 Å². The molecular formula is C17H21N5O2S. The highest BCUT2D eigenvalue weighted by molar-refractivity contribution is 7.08. The zero-order valence-electron chi connectivity index (χ0n) is 14.4. The molecule has 0 aliphatic carbocycles. The average Bonchev–Trinajstić information content (AvgIpc) is 3.32. The molecule has 2 aromatic rings. The van der Waals surface area contributed by atoms with Crippen molar-refractivity contribution in [2.45, 2.75) is 18.9 Å². The number of hydrogen-bond donors (Lipinski definition) is 1. The van der Waals surface area contributed by atoms with Crippen LogP contribution in [0, 0.1) is 6.92 Å². The second-order valence-electron chi connectivity index (χ2n) is 6.95. The Morgan fingerprint density at radius 1 is 1.40 bits per heavy atom. The van der Waals surface area contributed by atoms with E-state index in [-0.39, 0.29) is 17.4 Å². The number of piperazine rings is 1. The standard InChI is InChI=1S/C17H21N5O2S/c1-12-7-14(19-18-12)16(24)21-5-4-17(10-21)11-22(13-3-6-25-9-13)15(23)8-20(17)2/h3,6-7,9H,4-5,8,10-11H2,1-2H3,(H,18,19). The molecule has 2 amide bonds. The second kappa shape index (κ2) is 5.96. The van der Waals surface area contributed by atoms with Gasteiger partial charge in [-0.2, -0.15) is 16.4 Å². The first-order valence-electron chi connectivity index (χ1n) is 8.34. The van der Waals surface area contributed by atoms with Crippen molar-refractivity contribution >= 4 is 28.8 Å². The normalized spacial score (nSPS) is 24.5. The predicted molar refractivity (Wildman–Crippen MR) is 95.9 cm³/mol. The first-order valence-corrected chi connectivity index (χ1v) is 9.28. The van der Waals surface area contributed by atoms with E-state index < -0.39 is 0 Å². The number of anilines is 1. The van der Waals surface area contributed by atoms with Crippen molar-refractivity contribution in [2.75, 3.05) is 38.1 Å². The molecule has 8 heteroatoms. The second-order valence-corrected chi connectivity index (χ2v) is 7.73. The van der Waals surface area contributed by atoms with Crippen LogP contribution in [-0.2, 0) is 4.79 Å². The number of nitrogens with one attached hydrogen (secondary N) is 1. The van der Waals surface area contributed by atoms with Gasteiger partial charge in [-0.3, -0.25) is 19.6 Å². The summed E-state index contributed by atoms with van der Waals surface area (Å²) in [5.41, 5.74) is 2.09. The molecule has 2 fully saturated rings. The van der Waals surface area contributed by atoms with E-state index in [4.69, 9.17) is 0 Å². The summed E-state index contributed by atoms with van der Waals surface area (Å²) < 4.78 is 0. The Bertz CT molecular complexity index is 802. The van der Waals surface area contributed by atoms with Gasteiger partial charge in [0.05, 0.1) is 17.8 Å².